The molecule has 5 nitrogen and oxygen atoms in total. The van der Waals surface area contributed by atoms with E-state index in [1.165, 1.54) is 24.3 Å². The number of amides is 2. The van der Waals surface area contributed by atoms with Crippen LogP contribution in [-0.2, 0) is 9.53 Å². The van der Waals surface area contributed by atoms with Crippen LogP contribution in [0, 0.1) is 5.82 Å². The van der Waals surface area contributed by atoms with Crippen LogP contribution in [0.15, 0.2) is 35.5 Å². The number of halogens is 1. The highest BCUT2D eigenvalue weighted by Gasteiger charge is 2.37. The first-order valence-corrected chi connectivity index (χ1v) is 5.38. The highest BCUT2D eigenvalue weighted by atomic mass is 19.1. The van der Waals surface area contributed by atoms with E-state index in [-0.39, 0.29) is 12.4 Å². The van der Waals surface area contributed by atoms with Crippen LogP contribution in [0.4, 0.5) is 9.18 Å². The van der Waals surface area contributed by atoms with Gasteiger partial charge in [-0.2, -0.15) is 0 Å². The van der Waals surface area contributed by atoms with E-state index < -0.39 is 18.0 Å². The molecular weight excluding hydrogens is 239 g/mol. The fourth-order valence-corrected chi connectivity index (χ4v) is 2.09. The highest BCUT2D eigenvalue weighted by Crippen LogP contribution is 2.30. The van der Waals surface area contributed by atoms with Crippen molar-refractivity contribution < 1.29 is 18.7 Å². The van der Waals surface area contributed by atoms with Crippen molar-refractivity contribution in [2.45, 2.75) is 6.04 Å². The maximum atomic E-state index is 12.9. The van der Waals surface area contributed by atoms with Gasteiger partial charge in [0.05, 0.1) is 17.3 Å². The summed E-state index contributed by atoms with van der Waals surface area (Å²) in [5.41, 5.74) is 1.48. The smallest absolute Gasteiger partial charge is 0.338 e. The van der Waals surface area contributed by atoms with Crippen molar-refractivity contribution in [1.29, 1.82) is 0 Å². The lowest BCUT2D eigenvalue weighted by Gasteiger charge is -2.24. The molecule has 0 unspecified atom stereocenters. The van der Waals surface area contributed by atoms with Crippen molar-refractivity contribution in [2.75, 3.05) is 6.61 Å². The van der Waals surface area contributed by atoms with Crippen LogP contribution in [0.1, 0.15) is 11.6 Å². The Morgan fingerprint density at radius 3 is 2.67 bits per heavy atom. The molecular formula is C12H9FN2O3. The molecule has 3 rings (SSSR count). The van der Waals surface area contributed by atoms with E-state index in [0.29, 0.717) is 16.8 Å². The zero-order valence-electron chi connectivity index (χ0n) is 9.20. The summed E-state index contributed by atoms with van der Waals surface area (Å²) in [6, 6.07) is 4.63. The molecule has 92 valence electrons. The zero-order chi connectivity index (χ0) is 12.7. The van der Waals surface area contributed by atoms with Crippen LogP contribution < -0.4 is 10.6 Å². The van der Waals surface area contributed by atoms with Gasteiger partial charge in [-0.1, -0.05) is 12.1 Å². The second-order valence-electron chi connectivity index (χ2n) is 4.05. The van der Waals surface area contributed by atoms with Crippen LogP contribution in [0.5, 0.6) is 0 Å². The van der Waals surface area contributed by atoms with Gasteiger partial charge in [-0.3, -0.25) is 0 Å². The maximum absolute atomic E-state index is 12.9. The van der Waals surface area contributed by atoms with E-state index in [1.807, 2.05) is 0 Å². The Hall–Kier alpha value is -2.37. The van der Waals surface area contributed by atoms with Crippen molar-refractivity contribution in [3.63, 3.8) is 0 Å². The summed E-state index contributed by atoms with van der Waals surface area (Å²) in [5, 5.41) is 5.15. The molecule has 18 heavy (non-hydrogen) atoms. The molecule has 2 aliphatic heterocycles. The molecule has 2 aliphatic rings. The van der Waals surface area contributed by atoms with Gasteiger partial charge in [0.15, 0.2) is 0 Å². The first kappa shape index (κ1) is 10.8. The van der Waals surface area contributed by atoms with E-state index >= 15 is 0 Å². The molecule has 0 aromatic heterocycles. The fourth-order valence-electron chi connectivity index (χ4n) is 2.09. The molecule has 2 amide bonds. The van der Waals surface area contributed by atoms with Gasteiger partial charge in [0.25, 0.3) is 0 Å². The number of hydrogen-bond acceptors (Lipinski definition) is 3. The van der Waals surface area contributed by atoms with Gasteiger partial charge in [-0.25, -0.2) is 14.0 Å². The van der Waals surface area contributed by atoms with Crippen LogP contribution in [-0.4, -0.2) is 18.6 Å². The zero-order valence-corrected chi connectivity index (χ0v) is 9.20. The van der Waals surface area contributed by atoms with E-state index in [2.05, 4.69) is 10.6 Å². The molecule has 0 radical (unpaired) electrons. The third kappa shape index (κ3) is 1.62. The minimum absolute atomic E-state index is 0.0687. The third-order valence-electron chi connectivity index (χ3n) is 2.92. The standard InChI is InChI=1S/C12H9FN2O3/c13-7-3-1-6(2-4-7)10-9-8(5-18-11(9)16)14-12(17)15-10/h1-4,10H,5H2,(H2,14,15,17)/t10-/m0/s1. The molecule has 0 fully saturated rings. The van der Waals surface area contributed by atoms with Crippen LogP contribution in [0.3, 0.4) is 0 Å². The third-order valence-corrected chi connectivity index (χ3v) is 2.92. The molecule has 1 aromatic carbocycles. The number of ether oxygens (including phenoxy) is 1. The number of urea groups is 1. The predicted octanol–water partition coefficient (Wildman–Crippen LogP) is 0.990. The summed E-state index contributed by atoms with van der Waals surface area (Å²) in [6.07, 6.45) is 0. The lowest BCUT2D eigenvalue weighted by Crippen LogP contribution is -2.44. The minimum Gasteiger partial charge on any atom is -0.456 e. The summed E-state index contributed by atoms with van der Waals surface area (Å²) in [7, 11) is 0. The van der Waals surface area contributed by atoms with Gasteiger partial charge in [-0.15, -0.1) is 0 Å². The summed E-state index contributed by atoms with van der Waals surface area (Å²) < 4.78 is 17.8. The quantitative estimate of drug-likeness (QED) is 0.728. The van der Waals surface area contributed by atoms with Crippen molar-refractivity contribution in [2.24, 2.45) is 0 Å². The predicted molar refractivity (Wildman–Crippen MR) is 58.8 cm³/mol. The molecule has 0 aliphatic carbocycles. The maximum Gasteiger partial charge on any atom is 0.338 e. The fraction of sp³-hybridized carbons (Fsp3) is 0.167. The van der Waals surface area contributed by atoms with Gasteiger partial charge in [-0.05, 0) is 17.7 Å². The Bertz CT molecular complexity index is 565. The Labute approximate surface area is 102 Å². The number of rotatable bonds is 1. The van der Waals surface area contributed by atoms with Gasteiger partial charge in [0.2, 0.25) is 0 Å². The van der Waals surface area contributed by atoms with Crippen molar-refractivity contribution in [3.05, 3.63) is 46.9 Å². The van der Waals surface area contributed by atoms with Gasteiger partial charge in [0, 0.05) is 0 Å². The average molecular weight is 248 g/mol. The number of cyclic esters (lactones) is 1. The molecule has 0 saturated heterocycles. The Kier molecular flexibility index (Phi) is 2.29. The Morgan fingerprint density at radius 1 is 1.22 bits per heavy atom. The first-order chi connectivity index (χ1) is 8.65. The number of esters is 1. The second kappa shape index (κ2) is 3.83. The van der Waals surface area contributed by atoms with E-state index in [4.69, 9.17) is 4.74 Å². The molecule has 6 heteroatoms. The number of carbonyl (C=O) groups excluding carboxylic acids is 2. The molecule has 0 saturated carbocycles. The molecule has 1 aromatic rings. The lowest BCUT2D eigenvalue weighted by molar-refractivity contribution is -0.136. The van der Waals surface area contributed by atoms with Crippen LogP contribution in [0.25, 0.3) is 0 Å². The second-order valence-corrected chi connectivity index (χ2v) is 4.05. The van der Waals surface area contributed by atoms with E-state index in [1.54, 1.807) is 0 Å². The monoisotopic (exact) mass is 248 g/mol. The number of hydrogen-bond donors (Lipinski definition) is 2. The molecule has 0 spiro atoms. The lowest BCUT2D eigenvalue weighted by atomic mass is 9.96. The topological polar surface area (TPSA) is 67.4 Å². The van der Waals surface area contributed by atoms with Crippen LogP contribution >= 0.6 is 0 Å². The average Bonchev–Trinajstić information content (AvgIpc) is 2.71. The Balaban J connectivity index is 2.04. The normalized spacial score (nSPS) is 22.2. The molecule has 0 bridgehead atoms. The summed E-state index contributed by atoms with van der Waals surface area (Å²) in [5.74, 6) is -0.839. The SMILES string of the molecule is O=C1NC2=C(C(=O)OC2)[C@H](c2ccc(F)cc2)N1. The number of benzene rings is 1. The number of carbonyl (C=O) groups is 2. The molecule has 2 N–H and O–H groups in total. The summed E-state index contributed by atoms with van der Waals surface area (Å²) >= 11 is 0. The van der Waals surface area contributed by atoms with Gasteiger partial charge in [0.1, 0.15) is 12.4 Å². The van der Waals surface area contributed by atoms with Crippen molar-refractivity contribution in [3.8, 4) is 0 Å². The first-order valence-electron chi connectivity index (χ1n) is 5.38. The largest absolute Gasteiger partial charge is 0.456 e. The van der Waals surface area contributed by atoms with E-state index in [0.717, 1.165) is 0 Å². The minimum atomic E-state index is -0.593. The number of nitrogens with one attached hydrogen (secondary N) is 2. The van der Waals surface area contributed by atoms with Gasteiger partial charge < -0.3 is 15.4 Å². The van der Waals surface area contributed by atoms with Crippen LogP contribution in [0.2, 0.25) is 0 Å². The molecule has 1 atom stereocenters. The molecule has 2 heterocycles. The van der Waals surface area contributed by atoms with Gasteiger partial charge >= 0.3 is 12.0 Å². The summed E-state index contributed by atoms with van der Waals surface area (Å²) in [6.45, 7) is 0.0687. The van der Waals surface area contributed by atoms with Crippen molar-refractivity contribution >= 4 is 12.0 Å². The highest BCUT2D eigenvalue weighted by molar-refractivity contribution is 5.97. The van der Waals surface area contributed by atoms with E-state index in [9.17, 15) is 14.0 Å². The summed E-state index contributed by atoms with van der Waals surface area (Å²) in [4.78, 5) is 23.1. The van der Waals surface area contributed by atoms with Crippen molar-refractivity contribution in [1.82, 2.24) is 10.6 Å². The Morgan fingerprint density at radius 2 is 1.94 bits per heavy atom.